The monoisotopic (exact) mass is 410 g/mol. The molecule has 154 valence electrons. The van der Waals surface area contributed by atoms with Crippen molar-refractivity contribution in [3.8, 4) is 0 Å². The summed E-state index contributed by atoms with van der Waals surface area (Å²) >= 11 is 1.63. The summed E-state index contributed by atoms with van der Waals surface area (Å²) in [5.74, 6) is 0.0513. The third-order valence-corrected chi connectivity index (χ3v) is 7.01. The molecule has 0 unspecified atom stereocenters. The fourth-order valence-corrected chi connectivity index (χ4v) is 5.66. The van der Waals surface area contributed by atoms with E-state index in [1.807, 2.05) is 40.6 Å². The molecule has 2 aliphatic rings. The summed E-state index contributed by atoms with van der Waals surface area (Å²) in [6, 6.07) is 11.7. The first-order valence-electron chi connectivity index (χ1n) is 10.8. The van der Waals surface area contributed by atoms with Gasteiger partial charge in [0.05, 0.1) is 12.0 Å². The maximum atomic E-state index is 13.6. The van der Waals surface area contributed by atoms with Crippen molar-refractivity contribution in [1.29, 1.82) is 0 Å². The summed E-state index contributed by atoms with van der Waals surface area (Å²) < 4.78 is 0. The second-order valence-corrected chi connectivity index (χ2v) is 9.70. The lowest BCUT2D eigenvalue weighted by Gasteiger charge is -2.42. The molecule has 2 amide bonds. The Morgan fingerprint density at radius 2 is 1.90 bits per heavy atom. The van der Waals surface area contributed by atoms with Gasteiger partial charge in [-0.05, 0) is 41.8 Å². The lowest BCUT2D eigenvalue weighted by molar-refractivity contribution is -0.125. The number of thiophene rings is 1. The van der Waals surface area contributed by atoms with E-state index in [0.717, 1.165) is 23.3 Å². The molecule has 2 heterocycles. The highest BCUT2D eigenvalue weighted by Gasteiger charge is 2.44. The van der Waals surface area contributed by atoms with Gasteiger partial charge in [-0.15, -0.1) is 11.3 Å². The molecule has 2 aromatic rings. The molecular formula is C24H30N2O2S. The standard InChI is InChI=1S/C24H30N2O2S/c1-16(2)15-26-22(20-13-8-14-29-20)21(18-11-6-7-12-19(18)24(26)28)23(27)25-17-9-4-3-5-10-17/h6-8,11-14,16-17,21-22H,3-5,9-10,15H2,1-2H3,(H,25,27)/t21-,22+/m1/s1. The van der Waals surface area contributed by atoms with Gasteiger partial charge in [-0.2, -0.15) is 0 Å². The first kappa shape index (κ1) is 20.1. The van der Waals surface area contributed by atoms with Crippen LogP contribution in [0.1, 0.15) is 78.7 Å². The van der Waals surface area contributed by atoms with E-state index in [0.29, 0.717) is 18.0 Å². The van der Waals surface area contributed by atoms with Crippen LogP contribution < -0.4 is 5.32 Å². The van der Waals surface area contributed by atoms with E-state index in [2.05, 4.69) is 25.2 Å². The minimum absolute atomic E-state index is 0.0365. The smallest absolute Gasteiger partial charge is 0.254 e. The number of amides is 2. The van der Waals surface area contributed by atoms with Crippen molar-refractivity contribution >= 4 is 23.2 Å². The molecule has 1 aromatic carbocycles. The minimum Gasteiger partial charge on any atom is -0.353 e. The average molecular weight is 411 g/mol. The molecule has 0 saturated heterocycles. The highest BCUT2D eigenvalue weighted by molar-refractivity contribution is 7.10. The van der Waals surface area contributed by atoms with Crippen LogP contribution in [0.5, 0.6) is 0 Å². The molecule has 1 aliphatic heterocycles. The van der Waals surface area contributed by atoms with Gasteiger partial charge in [-0.1, -0.05) is 57.4 Å². The third-order valence-electron chi connectivity index (χ3n) is 6.07. The van der Waals surface area contributed by atoms with Crippen molar-refractivity contribution in [3.05, 3.63) is 57.8 Å². The van der Waals surface area contributed by atoms with Gasteiger partial charge in [0.1, 0.15) is 0 Å². The van der Waals surface area contributed by atoms with Crippen molar-refractivity contribution in [1.82, 2.24) is 10.2 Å². The molecule has 1 N–H and O–H groups in total. The van der Waals surface area contributed by atoms with Gasteiger partial charge in [0.2, 0.25) is 5.91 Å². The summed E-state index contributed by atoms with van der Waals surface area (Å²) in [6.45, 7) is 4.88. The molecular weight excluding hydrogens is 380 g/mol. The van der Waals surface area contributed by atoms with Crippen molar-refractivity contribution in [2.24, 2.45) is 5.92 Å². The maximum absolute atomic E-state index is 13.6. The van der Waals surface area contributed by atoms with Crippen LogP contribution in [-0.2, 0) is 4.79 Å². The van der Waals surface area contributed by atoms with Gasteiger partial charge < -0.3 is 10.2 Å². The Morgan fingerprint density at radius 1 is 1.14 bits per heavy atom. The van der Waals surface area contributed by atoms with Crippen LogP contribution in [0, 0.1) is 5.92 Å². The van der Waals surface area contributed by atoms with Crippen molar-refractivity contribution in [2.75, 3.05) is 6.54 Å². The lowest BCUT2D eigenvalue weighted by Crippen LogP contribution is -2.50. The van der Waals surface area contributed by atoms with Crippen LogP contribution in [0.2, 0.25) is 0 Å². The predicted octanol–water partition coefficient (Wildman–Crippen LogP) is 5.13. The first-order valence-corrected chi connectivity index (χ1v) is 11.7. The molecule has 1 saturated carbocycles. The first-order chi connectivity index (χ1) is 14.1. The van der Waals surface area contributed by atoms with Crippen LogP contribution in [0.3, 0.4) is 0 Å². The van der Waals surface area contributed by atoms with Gasteiger partial charge in [0.25, 0.3) is 5.91 Å². The highest BCUT2D eigenvalue weighted by Crippen LogP contribution is 2.44. The van der Waals surface area contributed by atoms with Gasteiger partial charge in [-0.3, -0.25) is 9.59 Å². The molecule has 1 fully saturated rings. The fraction of sp³-hybridized carbons (Fsp3) is 0.500. The van der Waals surface area contributed by atoms with Gasteiger partial charge >= 0.3 is 0 Å². The molecule has 0 bridgehead atoms. The number of benzene rings is 1. The number of carbonyl (C=O) groups is 2. The molecule has 0 radical (unpaired) electrons. The molecule has 29 heavy (non-hydrogen) atoms. The van der Waals surface area contributed by atoms with Crippen molar-refractivity contribution in [3.63, 3.8) is 0 Å². The Bertz CT molecular complexity index is 856. The van der Waals surface area contributed by atoms with Crippen LogP contribution in [-0.4, -0.2) is 29.3 Å². The number of fused-ring (bicyclic) bond motifs is 1. The van der Waals surface area contributed by atoms with E-state index in [1.165, 1.54) is 19.3 Å². The van der Waals surface area contributed by atoms with E-state index in [1.54, 1.807) is 11.3 Å². The number of hydrogen-bond acceptors (Lipinski definition) is 3. The van der Waals surface area contributed by atoms with E-state index in [9.17, 15) is 9.59 Å². The maximum Gasteiger partial charge on any atom is 0.254 e. The van der Waals surface area contributed by atoms with Gasteiger partial charge in [0.15, 0.2) is 0 Å². The Morgan fingerprint density at radius 3 is 2.59 bits per heavy atom. The minimum atomic E-state index is -0.372. The Kier molecular flexibility index (Phi) is 6.04. The quantitative estimate of drug-likeness (QED) is 0.742. The highest BCUT2D eigenvalue weighted by atomic mass is 32.1. The Labute approximate surface area is 177 Å². The van der Waals surface area contributed by atoms with E-state index in [-0.39, 0.29) is 29.8 Å². The average Bonchev–Trinajstić information content (AvgIpc) is 3.24. The zero-order valence-electron chi connectivity index (χ0n) is 17.3. The van der Waals surface area contributed by atoms with Crippen LogP contribution in [0.15, 0.2) is 41.8 Å². The Hall–Kier alpha value is -2.14. The van der Waals surface area contributed by atoms with E-state index in [4.69, 9.17) is 0 Å². The molecule has 0 spiro atoms. The summed E-state index contributed by atoms with van der Waals surface area (Å²) in [6.07, 6.45) is 5.72. The van der Waals surface area contributed by atoms with E-state index < -0.39 is 0 Å². The topological polar surface area (TPSA) is 49.4 Å². The van der Waals surface area contributed by atoms with Gasteiger partial charge in [0, 0.05) is 23.0 Å². The predicted molar refractivity (Wildman–Crippen MR) is 117 cm³/mol. The summed E-state index contributed by atoms with van der Waals surface area (Å²) in [5, 5.41) is 5.37. The number of nitrogens with zero attached hydrogens (tertiary/aromatic N) is 1. The number of nitrogens with one attached hydrogen (secondary N) is 1. The number of hydrogen-bond donors (Lipinski definition) is 1. The zero-order chi connectivity index (χ0) is 20.4. The fourth-order valence-electron chi connectivity index (χ4n) is 4.78. The molecule has 1 aromatic heterocycles. The summed E-state index contributed by atoms with van der Waals surface area (Å²) in [7, 11) is 0. The normalized spacial score (nSPS) is 22.6. The molecule has 1 aliphatic carbocycles. The van der Waals surface area contributed by atoms with Crippen LogP contribution >= 0.6 is 11.3 Å². The molecule has 2 atom stereocenters. The van der Waals surface area contributed by atoms with Crippen LogP contribution in [0.4, 0.5) is 0 Å². The molecule has 4 rings (SSSR count). The van der Waals surface area contributed by atoms with E-state index >= 15 is 0 Å². The van der Waals surface area contributed by atoms with Crippen molar-refractivity contribution < 1.29 is 9.59 Å². The zero-order valence-corrected chi connectivity index (χ0v) is 18.1. The summed E-state index contributed by atoms with van der Waals surface area (Å²) in [4.78, 5) is 30.1. The Balaban J connectivity index is 1.76. The number of rotatable bonds is 5. The second-order valence-electron chi connectivity index (χ2n) is 8.72. The lowest BCUT2D eigenvalue weighted by atomic mass is 9.80. The van der Waals surface area contributed by atoms with Crippen LogP contribution in [0.25, 0.3) is 0 Å². The summed E-state index contributed by atoms with van der Waals surface area (Å²) in [5.41, 5.74) is 1.54. The SMILES string of the molecule is CC(C)CN1C(=O)c2ccccc2[C@@H](C(=O)NC2CCCCC2)[C@@H]1c1cccs1. The molecule has 5 heteroatoms. The number of carbonyl (C=O) groups excluding carboxylic acids is 2. The third kappa shape index (κ3) is 4.11. The molecule has 4 nitrogen and oxygen atoms in total. The van der Waals surface area contributed by atoms with Gasteiger partial charge in [-0.25, -0.2) is 0 Å². The largest absolute Gasteiger partial charge is 0.353 e. The second kappa shape index (κ2) is 8.70. The van der Waals surface area contributed by atoms with Crippen molar-refractivity contribution in [2.45, 2.75) is 64.0 Å².